The fourth-order valence-electron chi connectivity index (χ4n) is 4.66. The molecule has 8 nitrogen and oxygen atoms in total. The molecule has 2 aromatic heterocycles. The number of imidazole rings is 1. The summed E-state index contributed by atoms with van der Waals surface area (Å²) in [6.07, 6.45) is -3.27. The zero-order valence-electron chi connectivity index (χ0n) is 21.7. The summed E-state index contributed by atoms with van der Waals surface area (Å²) in [5.74, 6) is -2.15. The molecular weight excluding hydrogens is 525 g/mol. The van der Waals surface area contributed by atoms with Gasteiger partial charge in [-0.1, -0.05) is 42.5 Å². The fourth-order valence-corrected chi connectivity index (χ4v) is 4.66. The predicted molar refractivity (Wildman–Crippen MR) is 141 cm³/mol. The molecule has 0 saturated carbocycles. The van der Waals surface area contributed by atoms with E-state index in [1.807, 2.05) is 0 Å². The van der Waals surface area contributed by atoms with Crippen molar-refractivity contribution in [2.45, 2.75) is 12.7 Å². The number of ether oxygens (including phenoxy) is 1. The molecule has 3 aromatic carbocycles. The highest BCUT2D eigenvalue weighted by Gasteiger charge is 2.37. The molecule has 11 heteroatoms. The number of methoxy groups -OCH3 is 1. The Morgan fingerprint density at radius 1 is 0.900 bits per heavy atom. The molecule has 5 rings (SSSR count). The highest BCUT2D eigenvalue weighted by molar-refractivity contribution is 6.21. The first-order valence-corrected chi connectivity index (χ1v) is 12.1. The van der Waals surface area contributed by atoms with Crippen LogP contribution in [-0.4, -0.2) is 58.0 Å². The van der Waals surface area contributed by atoms with E-state index in [-0.39, 0.29) is 34.1 Å². The third-order valence-electron chi connectivity index (χ3n) is 6.53. The van der Waals surface area contributed by atoms with E-state index in [4.69, 9.17) is 4.74 Å². The molecule has 0 N–H and O–H groups in total. The quantitative estimate of drug-likeness (QED) is 0.211. The lowest BCUT2D eigenvalue weighted by Crippen LogP contribution is -2.26. The van der Waals surface area contributed by atoms with Gasteiger partial charge in [0.2, 0.25) is 5.82 Å². The lowest BCUT2D eigenvalue weighted by Gasteiger charge is -2.12. The number of rotatable bonds is 5. The number of nitrogens with zero attached hydrogens (tertiary/aromatic N) is 4. The molecule has 0 aliphatic heterocycles. The summed E-state index contributed by atoms with van der Waals surface area (Å²) in [5, 5.41) is 0.262. The van der Waals surface area contributed by atoms with E-state index in [9.17, 15) is 27.6 Å². The molecule has 204 valence electrons. The smallest absolute Gasteiger partial charge is 0.449 e. The van der Waals surface area contributed by atoms with Gasteiger partial charge in [0.25, 0.3) is 0 Å². The number of aromatic nitrogens is 3. The van der Waals surface area contributed by atoms with Crippen molar-refractivity contribution in [2.24, 2.45) is 0 Å². The standard InChI is InChI=1S/C29H23F3N4O4/c1-34(2)28(39)36-16-20(24-19(26(38)40-3)7-6-10-23(24)36)25(37)18-13-11-17(12-14-18)15-35-22-9-5-4-8-21(22)33-27(35)29(30,31)32/h4-14,16H,15H2,1-3H3. The topological polar surface area (TPSA) is 86.4 Å². The van der Waals surface area contributed by atoms with Crippen LogP contribution in [0, 0.1) is 0 Å². The summed E-state index contributed by atoms with van der Waals surface area (Å²) >= 11 is 0. The number of alkyl halides is 3. The largest absolute Gasteiger partial charge is 0.465 e. The van der Waals surface area contributed by atoms with Crippen molar-refractivity contribution in [2.75, 3.05) is 21.2 Å². The number of ketones is 1. The van der Waals surface area contributed by atoms with Crippen LogP contribution in [0.25, 0.3) is 21.9 Å². The second-order valence-corrected chi connectivity index (χ2v) is 9.32. The molecular formula is C29H23F3N4O4. The van der Waals surface area contributed by atoms with Crippen LogP contribution in [0.1, 0.15) is 37.7 Å². The average Bonchev–Trinajstić information content (AvgIpc) is 3.51. The van der Waals surface area contributed by atoms with Crippen LogP contribution in [0.5, 0.6) is 0 Å². The van der Waals surface area contributed by atoms with E-state index in [0.29, 0.717) is 16.6 Å². The van der Waals surface area contributed by atoms with Crippen LogP contribution < -0.4 is 0 Å². The zero-order valence-corrected chi connectivity index (χ0v) is 21.7. The van der Waals surface area contributed by atoms with E-state index in [2.05, 4.69) is 4.98 Å². The number of para-hydroxylation sites is 2. The molecule has 40 heavy (non-hydrogen) atoms. The average molecular weight is 549 g/mol. The lowest BCUT2D eigenvalue weighted by atomic mass is 9.98. The first-order valence-electron chi connectivity index (χ1n) is 12.1. The summed E-state index contributed by atoms with van der Waals surface area (Å²) in [7, 11) is 4.34. The Hall–Kier alpha value is -4.93. The van der Waals surface area contributed by atoms with Crippen LogP contribution in [-0.2, 0) is 17.5 Å². The van der Waals surface area contributed by atoms with Crippen molar-refractivity contribution >= 4 is 39.7 Å². The minimum Gasteiger partial charge on any atom is -0.465 e. The van der Waals surface area contributed by atoms with Crippen molar-refractivity contribution in [3.05, 3.63) is 101 Å². The van der Waals surface area contributed by atoms with Gasteiger partial charge in [0.05, 0.1) is 29.2 Å². The van der Waals surface area contributed by atoms with Gasteiger partial charge in [0.15, 0.2) is 5.78 Å². The Kier molecular flexibility index (Phi) is 6.66. The number of fused-ring (bicyclic) bond motifs is 2. The molecule has 1 amide bonds. The molecule has 0 radical (unpaired) electrons. The van der Waals surface area contributed by atoms with Gasteiger partial charge in [-0.2, -0.15) is 13.2 Å². The molecule has 0 aliphatic rings. The molecule has 5 aromatic rings. The second-order valence-electron chi connectivity index (χ2n) is 9.32. The Balaban J connectivity index is 1.55. The van der Waals surface area contributed by atoms with Crippen LogP contribution >= 0.6 is 0 Å². The number of amides is 1. The van der Waals surface area contributed by atoms with Crippen LogP contribution in [0.2, 0.25) is 0 Å². The van der Waals surface area contributed by atoms with Gasteiger partial charge < -0.3 is 14.2 Å². The molecule has 2 heterocycles. The number of hydrogen-bond donors (Lipinski definition) is 0. The van der Waals surface area contributed by atoms with E-state index in [0.717, 1.165) is 4.57 Å². The molecule has 0 spiro atoms. The van der Waals surface area contributed by atoms with Gasteiger partial charge >= 0.3 is 18.2 Å². The lowest BCUT2D eigenvalue weighted by molar-refractivity contribution is -0.146. The molecule has 0 fully saturated rings. The second kappa shape index (κ2) is 9.99. The zero-order chi connectivity index (χ0) is 28.8. The Labute approximate surface area is 226 Å². The first kappa shape index (κ1) is 26.7. The minimum atomic E-state index is -4.65. The Morgan fingerprint density at radius 2 is 1.57 bits per heavy atom. The fraction of sp³-hybridized carbons (Fsp3) is 0.172. The highest BCUT2D eigenvalue weighted by Crippen LogP contribution is 2.32. The van der Waals surface area contributed by atoms with Crippen LogP contribution in [0.4, 0.5) is 18.0 Å². The molecule has 0 bridgehead atoms. The predicted octanol–water partition coefficient (Wildman–Crippen LogP) is 5.61. The maximum atomic E-state index is 13.7. The van der Waals surface area contributed by atoms with Crippen molar-refractivity contribution < 1.29 is 32.3 Å². The maximum absolute atomic E-state index is 13.7. The summed E-state index contributed by atoms with van der Waals surface area (Å²) in [4.78, 5) is 44.1. The number of esters is 1. The minimum absolute atomic E-state index is 0.110. The van der Waals surface area contributed by atoms with E-state index < -0.39 is 29.8 Å². The van der Waals surface area contributed by atoms with Gasteiger partial charge in [-0.15, -0.1) is 0 Å². The highest BCUT2D eigenvalue weighted by atomic mass is 19.4. The van der Waals surface area contributed by atoms with Crippen molar-refractivity contribution in [3.8, 4) is 0 Å². The number of hydrogen-bond acceptors (Lipinski definition) is 5. The number of carbonyl (C=O) groups is 3. The number of carbonyl (C=O) groups excluding carboxylic acids is 3. The van der Waals surface area contributed by atoms with Gasteiger partial charge in [-0.3, -0.25) is 9.36 Å². The third-order valence-corrected chi connectivity index (χ3v) is 6.53. The van der Waals surface area contributed by atoms with E-state index in [1.54, 1.807) is 56.6 Å². The normalized spacial score (nSPS) is 11.7. The SMILES string of the molecule is COC(=O)c1cccc2c1c(C(=O)c1ccc(Cn3c(C(F)(F)F)nc4ccccc43)cc1)cn2C(=O)N(C)C. The number of benzene rings is 3. The van der Waals surface area contributed by atoms with Gasteiger partial charge in [0, 0.05) is 43.4 Å². The van der Waals surface area contributed by atoms with Gasteiger partial charge in [0.1, 0.15) is 0 Å². The van der Waals surface area contributed by atoms with Crippen molar-refractivity contribution in [3.63, 3.8) is 0 Å². The van der Waals surface area contributed by atoms with E-state index >= 15 is 0 Å². The van der Waals surface area contributed by atoms with Crippen molar-refractivity contribution in [1.82, 2.24) is 19.0 Å². The molecule has 0 atom stereocenters. The van der Waals surface area contributed by atoms with E-state index in [1.165, 1.54) is 47.0 Å². The molecule has 0 unspecified atom stereocenters. The summed E-state index contributed by atoms with van der Waals surface area (Å²) < 4.78 is 48.4. The van der Waals surface area contributed by atoms with Crippen LogP contribution in [0.3, 0.4) is 0 Å². The number of halogens is 3. The summed E-state index contributed by atoms with van der Waals surface area (Å²) in [6.45, 7) is -0.118. The summed E-state index contributed by atoms with van der Waals surface area (Å²) in [6, 6.07) is 16.8. The molecule has 0 saturated heterocycles. The summed E-state index contributed by atoms with van der Waals surface area (Å²) in [5.41, 5.74) is 1.90. The van der Waals surface area contributed by atoms with Crippen molar-refractivity contribution in [1.29, 1.82) is 0 Å². The van der Waals surface area contributed by atoms with Gasteiger partial charge in [-0.05, 0) is 29.8 Å². The monoisotopic (exact) mass is 548 g/mol. The first-order chi connectivity index (χ1) is 19.0. The Morgan fingerprint density at radius 3 is 2.23 bits per heavy atom. The Bertz CT molecular complexity index is 1780. The van der Waals surface area contributed by atoms with Crippen LogP contribution in [0.15, 0.2) is 72.9 Å². The molecule has 0 aliphatic carbocycles. The third kappa shape index (κ3) is 4.59. The van der Waals surface area contributed by atoms with Gasteiger partial charge in [-0.25, -0.2) is 14.6 Å². The maximum Gasteiger partial charge on any atom is 0.449 e.